The van der Waals surface area contributed by atoms with Gasteiger partial charge in [0.1, 0.15) is 12.0 Å². The van der Waals surface area contributed by atoms with Crippen molar-refractivity contribution in [2.45, 2.75) is 6.92 Å². The number of carbonyl (C=O) groups is 1. The van der Waals surface area contributed by atoms with Crippen LogP contribution in [0.4, 0.5) is 0 Å². The molecule has 0 aliphatic carbocycles. The summed E-state index contributed by atoms with van der Waals surface area (Å²) in [5, 5.41) is 0. The molecule has 0 aliphatic rings. The van der Waals surface area contributed by atoms with Crippen molar-refractivity contribution in [2.75, 3.05) is 6.61 Å². The number of aromatic nitrogens is 1. The van der Waals surface area contributed by atoms with Crippen LogP contribution in [0.3, 0.4) is 0 Å². The number of ether oxygens (including phenoxy) is 2. The molecule has 0 fully saturated rings. The maximum Gasteiger partial charge on any atom is 0.399 e. The van der Waals surface area contributed by atoms with Crippen LogP contribution in [0.25, 0.3) is 0 Å². The van der Waals surface area contributed by atoms with Crippen molar-refractivity contribution in [3.8, 4) is 11.8 Å². The van der Waals surface area contributed by atoms with Gasteiger partial charge in [0.25, 0.3) is 0 Å². The van der Waals surface area contributed by atoms with Gasteiger partial charge >= 0.3 is 12.0 Å². The maximum atomic E-state index is 11.3. The van der Waals surface area contributed by atoms with Crippen LogP contribution in [0.15, 0.2) is 41.0 Å². The van der Waals surface area contributed by atoms with E-state index in [9.17, 15) is 4.79 Å². The first-order valence-electron chi connectivity index (χ1n) is 5.15. The highest BCUT2D eigenvalue weighted by molar-refractivity contribution is 5.86. The van der Waals surface area contributed by atoms with Crippen LogP contribution in [-0.4, -0.2) is 17.6 Å². The molecule has 88 valence electrons. The molecule has 1 aromatic carbocycles. The van der Waals surface area contributed by atoms with Gasteiger partial charge in [-0.3, -0.25) is 0 Å². The molecule has 5 nitrogen and oxygen atoms in total. The molecule has 1 aromatic heterocycles. The van der Waals surface area contributed by atoms with Crippen molar-refractivity contribution < 1.29 is 18.7 Å². The van der Waals surface area contributed by atoms with Crippen LogP contribution in [-0.2, 0) is 4.74 Å². The predicted molar refractivity (Wildman–Crippen MR) is 59.0 cm³/mol. The van der Waals surface area contributed by atoms with Crippen LogP contribution in [0.1, 0.15) is 17.4 Å². The van der Waals surface area contributed by atoms with Crippen LogP contribution in [0.2, 0.25) is 0 Å². The minimum atomic E-state index is -0.529. The number of hydrogen-bond donors (Lipinski definition) is 0. The summed E-state index contributed by atoms with van der Waals surface area (Å²) in [4.78, 5) is 15.2. The van der Waals surface area contributed by atoms with Gasteiger partial charge in [0.05, 0.1) is 6.61 Å². The maximum absolute atomic E-state index is 11.3. The summed E-state index contributed by atoms with van der Waals surface area (Å²) in [5.74, 6) is 0.0592. The van der Waals surface area contributed by atoms with E-state index in [1.165, 1.54) is 6.26 Å². The van der Waals surface area contributed by atoms with Gasteiger partial charge in [-0.05, 0) is 19.1 Å². The Morgan fingerprint density at radius 3 is 2.82 bits per heavy atom. The lowest BCUT2D eigenvalue weighted by Crippen LogP contribution is -2.04. The lowest BCUT2D eigenvalue weighted by molar-refractivity contribution is 0.0519. The van der Waals surface area contributed by atoms with Crippen molar-refractivity contribution in [1.29, 1.82) is 0 Å². The van der Waals surface area contributed by atoms with Gasteiger partial charge in [0, 0.05) is 0 Å². The minimum Gasteiger partial charge on any atom is -0.461 e. The molecule has 1 heterocycles. The van der Waals surface area contributed by atoms with E-state index in [2.05, 4.69) is 4.98 Å². The van der Waals surface area contributed by atoms with E-state index in [1.807, 2.05) is 18.2 Å². The van der Waals surface area contributed by atoms with Crippen LogP contribution in [0.5, 0.6) is 11.8 Å². The van der Waals surface area contributed by atoms with Crippen molar-refractivity contribution >= 4 is 5.97 Å². The van der Waals surface area contributed by atoms with Crippen LogP contribution < -0.4 is 4.74 Å². The van der Waals surface area contributed by atoms with Gasteiger partial charge in [-0.2, -0.15) is 4.98 Å². The third-order valence-corrected chi connectivity index (χ3v) is 1.92. The molecule has 2 aromatic rings. The molecule has 0 aliphatic heterocycles. The summed E-state index contributed by atoms with van der Waals surface area (Å²) in [6.45, 7) is 2.01. The molecule has 0 saturated heterocycles. The fourth-order valence-electron chi connectivity index (χ4n) is 1.19. The van der Waals surface area contributed by atoms with E-state index >= 15 is 0 Å². The third kappa shape index (κ3) is 2.84. The number of oxazole rings is 1. The Morgan fingerprint density at radius 1 is 1.35 bits per heavy atom. The minimum absolute atomic E-state index is 0.0132. The summed E-state index contributed by atoms with van der Waals surface area (Å²) < 4.78 is 15.1. The first kappa shape index (κ1) is 11.2. The van der Waals surface area contributed by atoms with Crippen LogP contribution in [0, 0.1) is 0 Å². The number of hydrogen-bond acceptors (Lipinski definition) is 5. The summed E-state index contributed by atoms with van der Waals surface area (Å²) in [6, 6.07) is 9.03. The number of nitrogens with zero attached hydrogens (tertiary/aromatic N) is 1. The molecule has 0 radical (unpaired) electrons. The van der Waals surface area contributed by atoms with Gasteiger partial charge in [-0.15, -0.1) is 0 Å². The Hall–Kier alpha value is -2.30. The normalized spacial score (nSPS) is 9.94. The zero-order valence-corrected chi connectivity index (χ0v) is 9.25. The highest BCUT2D eigenvalue weighted by atomic mass is 16.6. The zero-order valence-electron chi connectivity index (χ0n) is 9.25. The summed E-state index contributed by atoms with van der Waals surface area (Å²) >= 11 is 0. The second-order valence-corrected chi connectivity index (χ2v) is 3.13. The first-order valence-corrected chi connectivity index (χ1v) is 5.15. The lowest BCUT2D eigenvalue weighted by atomic mass is 10.3. The topological polar surface area (TPSA) is 61.6 Å². The number of rotatable bonds is 4. The van der Waals surface area contributed by atoms with Crippen molar-refractivity contribution in [3.63, 3.8) is 0 Å². The second-order valence-electron chi connectivity index (χ2n) is 3.13. The van der Waals surface area contributed by atoms with E-state index in [0.29, 0.717) is 12.4 Å². The van der Waals surface area contributed by atoms with E-state index in [0.717, 1.165) is 0 Å². The molecular weight excluding hydrogens is 222 g/mol. The van der Waals surface area contributed by atoms with Gasteiger partial charge in [0.15, 0.2) is 5.69 Å². The fraction of sp³-hybridized carbons (Fsp3) is 0.167. The highest BCUT2D eigenvalue weighted by Crippen LogP contribution is 2.20. The fourth-order valence-corrected chi connectivity index (χ4v) is 1.19. The first-order chi connectivity index (χ1) is 8.29. The summed E-state index contributed by atoms with van der Waals surface area (Å²) in [6.07, 6.45) is 1.22. The van der Waals surface area contributed by atoms with E-state index in [4.69, 9.17) is 13.9 Å². The predicted octanol–water partition coefficient (Wildman–Crippen LogP) is 2.64. The number of benzene rings is 1. The molecule has 0 spiro atoms. The second kappa shape index (κ2) is 5.16. The summed E-state index contributed by atoms with van der Waals surface area (Å²) in [5.41, 5.74) is 0.0952. The van der Waals surface area contributed by atoms with Gasteiger partial charge in [-0.1, -0.05) is 18.2 Å². The van der Waals surface area contributed by atoms with Gasteiger partial charge in [-0.25, -0.2) is 4.79 Å². The molecule has 0 amide bonds. The molecule has 2 rings (SSSR count). The standard InChI is InChI=1S/C12H11NO4/c1-2-15-11(14)10-8-16-12(13-10)17-9-6-4-3-5-7-9/h3-8H,2H2,1H3. The molecule has 0 bridgehead atoms. The average molecular weight is 233 g/mol. The molecule has 0 saturated carbocycles. The van der Waals surface area contributed by atoms with Crippen molar-refractivity contribution in [2.24, 2.45) is 0 Å². The Labute approximate surface area is 98.0 Å². The molecule has 5 heteroatoms. The number of carbonyl (C=O) groups excluding carboxylic acids is 1. The molecule has 0 unspecified atom stereocenters. The third-order valence-electron chi connectivity index (χ3n) is 1.92. The quantitative estimate of drug-likeness (QED) is 0.759. The largest absolute Gasteiger partial charge is 0.461 e. The number of esters is 1. The number of para-hydroxylation sites is 1. The summed E-state index contributed by atoms with van der Waals surface area (Å²) in [7, 11) is 0. The Balaban J connectivity index is 2.06. The Bertz CT molecular complexity index is 492. The molecule has 0 N–H and O–H groups in total. The smallest absolute Gasteiger partial charge is 0.399 e. The average Bonchev–Trinajstić information content (AvgIpc) is 2.79. The van der Waals surface area contributed by atoms with E-state index < -0.39 is 5.97 Å². The monoisotopic (exact) mass is 233 g/mol. The van der Waals surface area contributed by atoms with E-state index in [1.54, 1.807) is 19.1 Å². The van der Waals surface area contributed by atoms with Crippen molar-refractivity contribution in [3.05, 3.63) is 42.3 Å². The Morgan fingerprint density at radius 2 is 2.12 bits per heavy atom. The highest BCUT2D eigenvalue weighted by Gasteiger charge is 2.14. The van der Waals surface area contributed by atoms with E-state index in [-0.39, 0.29) is 11.8 Å². The zero-order chi connectivity index (χ0) is 12.1. The van der Waals surface area contributed by atoms with Gasteiger partial charge < -0.3 is 13.9 Å². The SMILES string of the molecule is CCOC(=O)c1coc(Oc2ccccc2)n1. The molecular formula is C12H11NO4. The lowest BCUT2D eigenvalue weighted by Gasteiger charge is -1.98. The Kier molecular flexibility index (Phi) is 3.40. The van der Waals surface area contributed by atoms with Crippen LogP contribution >= 0.6 is 0 Å². The van der Waals surface area contributed by atoms with Crippen molar-refractivity contribution in [1.82, 2.24) is 4.98 Å². The molecule has 17 heavy (non-hydrogen) atoms. The molecule has 0 atom stereocenters. The van der Waals surface area contributed by atoms with Gasteiger partial charge in [0.2, 0.25) is 0 Å².